The van der Waals surface area contributed by atoms with Gasteiger partial charge in [-0.25, -0.2) is 14.8 Å². The molecule has 0 atom stereocenters. The highest BCUT2D eigenvalue weighted by Gasteiger charge is 2.23. The zero-order valence-electron chi connectivity index (χ0n) is 12.1. The van der Waals surface area contributed by atoms with Crippen LogP contribution >= 0.6 is 11.3 Å². The number of esters is 1. The van der Waals surface area contributed by atoms with Crippen molar-refractivity contribution >= 4 is 17.3 Å². The molecule has 0 amide bonds. The Labute approximate surface area is 122 Å². The van der Waals surface area contributed by atoms with Crippen molar-refractivity contribution in [2.75, 3.05) is 6.61 Å². The van der Waals surface area contributed by atoms with Crippen molar-refractivity contribution in [2.45, 2.75) is 34.1 Å². The van der Waals surface area contributed by atoms with Crippen LogP contribution in [0.15, 0.2) is 10.6 Å². The Balaban J connectivity index is 2.38. The summed E-state index contributed by atoms with van der Waals surface area (Å²) in [6.45, 7) is 8.14. The molecule has 0 spiro atoms. The molecule has 2 rings (SSSR count). The minimum atomic E-state index is -0.455. The third-order valence-electron chi connectivity index (χ3n) is 2.59. The molecule has 0 aromatic carbocycles. The van der Waals surface area contributed by atoms with Gasteiger partial charge in [-0.1, -0.05) is 13.8 Å². The molecule has 5 nitrogen and oxygen atoms in total. The standard InChI is InChI=1S/C14H18N2O3S/c1-5-18-14(17)12-10(6-8(2)3)16-13(19-12)11-7-15-9(4)20-11/h7-8H,5-6H2,1-4H3. The maximum atomic E-state index is 11.9. The van der Waals surface area contributed by atoms with Crippen molar-refractivity contribution < 1.29 is 13.9 Å². The van der Waals surface area contributed by atoms with E-state index >= 15 is 0 Å². The zero-order valence-corrected chi connectivity index (χ0v) is 12.9. The third-order valence-corrected chi connectivity index (χ3v) is 3.49. The molecule has 6 heteroatoms. The predicted octanol–water partition coefficient (Wildman–Crippen LogP) is 3.48. The van der Waals surface area contributed by atoms with Crippen LogP contribution in [0.25, 0.3) is 10.8 Å². The minimum Gasteiger partial charge on any atom is -0.460 e. The monoisotopic (exact) mass is 294 g/mol. The molecule has 2 aromatic rings. The van der Waals surface area contributed by atoms with Crippen LogP contribution in [0, 0.1) is 12.8 Å². The van der Waals surface area contributed by atoms with Crippen molar-refractivity contribution in [1.82, 2.24) is 9.97 Å². The fourth-order valence-corrected chi connectivity index (χ4v) is 2.50. The molecule has 0 aliphatic heterocycles. The average Bonchev–Trinajstić information content (AvgIpc) is 2.95. The topological polar surface area (TPSA) is 65.2 Å². The second-order valence-corrected chi connectivity index (χ2v) is 6.09. The van der Waals surface area contributed by atoms with Gasteiger partial charge in [-0.05, 0) is 26.2 Å². The fraction of sp³-hybridized carbons (Fsp3) is 0.500. The molecule has 0 aliphatic carbocycles. The molecule has 2 heterocycles. The third kappa shape index (κ3) is 3.25. The largest absolute Gasteiger partial charge is 0.460 e. The molecule has 0 aliphatic rings. The van der Waals surface area contributed by atoms with Crippen LogP contribution in [0.4, 0.5) is 0 Å². The van der Waals surface area contributed by atoms with Crippen molar-refractivity contribution in [3.05, 3.63) is 22.7 Å². The molecule has 0 saturated carbocycles. The van der Waals surface area contributed by atoms with Gasteiger partial charge in [-0.2, -0.15) is 0 Å². The number of ether oxygens (including phenoxy) is 1. The van der Waals surface area contributed by atoms with E-state index < -0.39 is 5.97 Å². The first-order valence-corrected chi connectivity index (χ1v) is 7.42. The summed E-state index contributed by atoms with van der Waals surface area (Å²) in [5.41, 5.74) is 0.652. The number of nitrogens with zero attached hydrogens (tertiary/aromatic N) is 2. The molecule has 0 saturated heterocycles. The summed E-state index contributed by atoms with van der Waals surface area (Å²) in [4.78, 5) is 21.4. The second-order valence-electron chi connectivity index (χ2n) is 4.86. The van der Waals surface area contributed by atoms with Crippen LogP contribution in [0.3, 0.4) is 0 Å². The molecule has 20 heavy (non-hydrogen) atoms. The Morgan fingerprint density at radius 1 is 1.50 bits per heavy atom. The van der Waals surface area contributed by atoms with Crippen molar-refractivity contribution in [2.24, 2.45) is 5.92 Å². The number of hydrogen-bond acceptors (Lipinski definition) is 6. The van der Waals surface area contributed by atoms with E-state index in [1.807, 2.05) is 6.92 Å². The van der Waals surface area contributed by atoms with Crippen LogP contribution in [-0.4, -0.2) is 22.5 Å². The van der Waals surface area contributed by atoms with E-state index in [9.17, 15) is 4.79 Å². The van der Waals surface area contributed by atoms with E-state index in [0.29, 0.717) is 30.5 Å². The Kier molecular flexibility index (Phi) is 4.54. The Morgan fingerprint density at radius 2 is 2.25 bits per heavy atom. The maximum absolute atomic E-state index is 11.9. The molecular weight excluding hydrogens is 276 g/mol. The van der Waals surface area contributed by atoms with Crippen molar-refractivity contribution in [3.8, 4) is 10.8 Å². The molecule has 108 valence electrons. The lowest BCUT2D eigenvalue weighted by Gasteiger charge is -2.02. The minimum absolute atomic E-state index is 0.210. The smallest absolute Gasteiger partial charge is 0.376 e. The summed E-state index contributed by atoms with van der Waals surface area (Å²) in [5.74, 6) is 0.573. The SMILES string of the molecule is CCOC(=O)c1oc(-c2cnc(C)s2)nc1CC(C)C. The van der Waals surface area contributed by atoms with Gasteiger partial charge >= 0.3 is 5.97 Å². The molecule has 0 N–H and O–H groups in total. The average molecular weight is 294 g/mol. The fourth-order valence-electron chi connectivity index (χ4n) is 1.80. The van der Waals surface area contributed by atoms with Gasteiger partial charge in [0.05, 0.1) is 23.5 Å². The number of hydrogen-bond donors (Lipinski definition) is 0. The Bertz CT molecular complexity index is 601. The van der Waals surface area contributed by atoms with Gasteiger partial charge in [0.2, 0.25) is 11.7 Å². The van der Waals surface area contributed by atoms with E-state index in [2.05, 4.69) is 23.8 Å². The summed E-state index contributed by atoms with van der Waals surface area (Å²) >= 11 is 1.49. The highest BCUT2D eigenvalue weighted by atomic mass is 32.1. The Hall–Kier alpha value is -1.69. The molecule has 2 aromatic heterocycles. The maximum Gasteiger partial charge on any atom is 0.376 e. The van der Waals surface area contributed by atoms with Gasteiger partial charge in [0.1, 0.15) is 4.88 Å². The van der Waals surface area contributed by atoms with Crippen LogP contribution in [0.5, 0.6) is 0 Å². The summed E-state index contributed by atoms with van der Waals surface area (Å²) < 4.78 is 10.6. The summed E-state index contributed by atoms with van der Waals surface area (Å²) in [7, 11) is 0. The van der Waals surface area contributed by atoms with Crippen molar-refractivity contribution in [1.29, 1.82) is 0 Å². The number of carbonyl (C=O) groups excluding carboxylic acids is 1. The second kappa shape index (κ2) is 6.17. The lowest BCUT2D eigenvalue weighted by molar-refractivity contribution is 0.0489. The summed E-state index contributed by atoms with van der Waals surface area (Å²) in [6, 6.07) is 0. The number of rotatable bonds is 5. The van der Waals surface area contributed by atoms with Crippen molar-refractivity contribution in [3.63, 3.8) is 0 Å². The van der Waals surface area contributed by atoms with Crippen LogP contribution in [0.2, 0.25) is 0 Å². The van der Waals surface area contributed by atoms with Crippen LogP contribution in [-0.2, 0) is 11.2 Å². The molecular formula is C14H18N2O3S. The first-order chi connectivity index (χ1) is 9.51. The number of aryl methyl sites for hydroxylation is 1. The van der Waals surface area contributed by atoms with E-state index in [1.54, 1.807) is 13.1 Å². The zero-order chi connectivity index (χ0) is 14.7. The summed E-state index contributed by atoms with van der Waals surface area (Å²) in [6.07, 6.45) is 2.38. The molecule has 0 unspecified atom stereocenters. The summed E-state index contributed by atoms with van der Waals surface area (Å²) in [5, 5.41) is 0.932. The van der Waals surface area contributed by atoms with Gasteiger partial charge in [0.15, 0.2) is 0 Å². The first kappa shape index (κ1) is 14.7. The number of aromatic nitrogens is 2. The van der Waals surface area contributed by atoms with Gasteiger partial charge < -0.3 is 9.15 Å². The molecule has 0 fully saturated rings. The van der Waals surface area contributed by atoms with Crippen LogP contribution < -0.4 is 0 Å². The molecule has 0 bridgehead atoms. The van der Waals surface area contributed by atoms with Gasteiger partial charge in [0, 0.05) is 0 Å². The van der Waals surface area contributed by atoms with Gasteiger partial charge in [0.25, 0.3) is 0 Å². The normalized spacial score (nSPS) is 11.1. The first-order valence-electron chi connectivity index (χ1n) is 6.60. The van der Waals surface area contributed by atoms with Crippen LogP contribution in [0.1, 0.15) is 42.0 Å². The number of thiazole rings is 1. The van der Waals surface area contributed by atoms with E-state index in [4.69, 9.17) is 9.15 Å². The van der Waals surface area contributed by atoms with E-state index in [0.717, 1.165) is 9.88 Å². The van der Waals surface area contributed by atoms with Gasteiger partial charge in [-0.15, -0.1) is 11.3 Å². The van der Waals surface area contributed by atoms with E-state index in [-0.39, 0.29) is 5.76 Å². The van der Waals surface area contributed by atoms with E-state index in [1.165, 1.54) is 11.3 Å². The van der Waals surface area contributed by atoms with Gasteiger partial charge in [-0.3, -0.25) is 0 Å². The quantitative estimate of drug-likeness (QED) is 0.790. The predicted molar refractivity (Wildman–Crippen MR) is 76.8 cm³/mol. The Morgan fingerprint density at radius 3 is 2.80 bits per heavy atom. The lowest BCUT2D eigenvalue weighted by atomic mass is 10.1. The lowest BCUT2D eigenvalue weighted by Crippen LogP contribution is -2.08. The highest BCUT2D eigenvalue weighted by Crippen LogP contribution is 2.28. The highest BCUT2D eigenvalue weighted by molar-refractivity contribution is 7.14. The number of oxazole rings is 1. The molecule has 0 radical (unpaired) electrons. The number of carbonyl (C=O) groups is 1.